The molecule has 0 aromatic heterocycles. The van der Waals surface area contributed by atoms with Crippen molar-refractivity contribution in [2.45, 2.75) is 12.8 Å². The predicted octanol–water partition coefficient (Wildman–Crippen LogP) is 3.51. The predicted molar refractivity (Wildman–Crippen MR) is 105 cm³/mol. The summed E-state index contributed by atoms with van der Waals surface area (Å²) < 4.78 is 18.9. The molecule has 0 bridgehead atoms. The van der Waals surface area contributed by atoms with Crippen LogP contribution in [0.1, 0.15) is 23.2 Å². The van der Waals surface area contributed by atoms with E-state index in [-0.39, 0.29) is 23.4 Å². The summed E-state index contributed by atoms with van der Waals surface area (Å²) in [6.07, 6.45) is 1.53. The van der Waals surface area contributed by atoms with Gasteiger partial charge in [0.25, 0.3) is 5.91 Å². The third-order valence-electron chi connectivity index (χ3n) is 4.91. The van der Waals surface area contributed by atoms with E-state index in [1.807, 2.05) is 0 Å². The average Bonchev–Trinajstić information content (AvgIpc) is 2.73. The molecule has 148 valence electrons. The van der Waals surface area contributed by atoms with Crippen molar-refractivity contribution in [2.24, 2.45) is 5.92 Å². The maximum atomic E-state index is 13.8. The first kappa shape index (κ1) is 19.7. The minimum Gasteiger partial charge on any atom is -0.497 e. The molecule has 0 saturated carbocycles. The van der Waals surface area contributed by atoms with Gasteiger partial charge >= 0.3 is 6.03 Å². The van der Waals surface area contributed by atoms with Crippen LogP contribution in [0.25, 0.3) is 0 Å². The Kier molecular flexibility index (Phi) is 6.47. The van der Waals surface area contributed by atoms with Gasteiger partial charge in [-0.1, -0.05) is 12.1 Å². The molecule has 2 aromatic rings. The number of methoxy groups -OCH3 is 1. The van der Waals surface area contributed by atoms with Gasteiger partial charge in [-0.2, -0.15) is 0 Å². The lowest BCUT2D eigenvalue weighted by molar-refractivity contribution is 0.0686. The first-order valence-corrected chi connectivity index (χ1v) is 9.29. The molecule has 6 nitrogen and oxygen atoms in total. The number of anilines is 1. The number of urea groups is 1. The highest BCUT2D eigenvalue weighted by Crippen LogP contribution is 2.20. The van der Waals surface area contributed by atoms with Crippen molar-refractivity contribution in [1.82, 2.24) is 10.2 Å². The van der Waals surface area contributed by atoms with Crippen LogP contribution < -0.4 is 15.4 Å². The highest BCUT2D eigenvalue weighted by molar-refractivity contribution is 5.94. The third kappa shape index (κ3) is 5.00. The van der Waals surface area contributed by atoms with Gasteiger partial charge in [0.2, 0.25) is 0 Å². The van der Waals surface area contributed by atoms with Crippen LogP contribution in [0.3, 0.4) is 0 Å². The maximum Gasteiger partial charge on any atom is 0.319 e. The zero-order chi connectivity index (χ0) is 19.9. The van der Waals surface area contributed by atoms with E-state index in [0.29, 0.717) is 25.3 Å². The number of likely N-dealkylation sites (tertiary alicyclic amines) is 1. The Balaban J connectivity index is 1.42. The van der Waals surface area contributed by atoms with Gasteiger partial charge in [-0.3, -0.25) is 4.79 Å². The summed E-state index contributed by atoms with van der Waals surface area (Å²) in [6, 6.07) is 12.9. The fourth-order valence-electron chi connectivity index (χ4n) is 3.23. The summed E-state index contributed by atoms with van der Waals surface area (Å²) in [5.41, 5.74) is 0.793. The van der Waals surface area contributed by atoms with Crippen LogP contribution in [0.15, 0.2) is 48.5 Å². The van der Waals surface area contributed by atoms with E-state index >= 15 is 0 Å². The number of carbonyl (C=O) groups is 2. The molecule has 0 unspecified atom stereocenters. The minimum atomic E-state index is -0.494. The van der Waals surface area contributed by atoms with Crippen LogP contribution in [0.2, 0.25) is 0 Å². The second-order valence-corrected chi connectivity index (χ2v) is 6.78. The molecule has 1 aliphatic heterocycles. The van der Waals surface area contributed by atoms with Crippen LogP contribution in [-0.4, -0.2) is 43.6 Å². The van der Waals surface area contributed by atoms with Gasteiger partial charge in [0, 0.05) is 25.3 Å². The number of benzene rings is 2. The zero-order valence-corrected chi connectivity index (χ0v) is 15.8. The lowest BCUT2D eigenvalue weighted by Gasteiger charge is -2.32. The summed E-state index contributed by atoms with van der Waals surface area (Å²) in [5.74, 6) is 0.238. The average molecular weight is 385 g/mol. The summed E-state index contributed by atoms with van der Waals surface area (Å²) >= 11 is 0. The van der Waals surface area contributed by atoms with Crippen LogP contribution >= 0.6 is 0 Å². The molecule has 0 radical (unpaired) electrons. The van der Waals surface area contributed by atoms with E-state index < -0.39 is 5.82 Å². The van der Waals surface area contributed by atoms with Gasteiger partial charge in [-0.25, -0.2) is 9.18 Å². The number of hydrogen-bond donors (Lipinski definition) is 2. The van der Waals surface area contributed by atoms with Crippen molar-refractivity contribution in [2.75, 3.05) is 32.1 Å². The number of hydrogen-bond acceptors (Lipinski definition) is 3. The maximum absolute atomic E-state index is 13.8. The second-order valence-electron chi connectivity index (χ2n) is 6.78. The highest BCUT2D eigenvalue weighted by Gasteiger charge is 2.25. The quantitative estimate of drug-likeness (QED) is 0.828. The highest BCUT2D eigenvalue weighted by atomic mass is 19.1. The summed E-state index contributed by atoms with van der Waals surface area (Å²) in [5, 5.41) is 5.65. The zero-order valence-electron chi connectivity index (χ0n) is 15.8. The van der Waals surface area contributed by atoms with Gasteiger partial charge in [-0.15, -0.1) is 0 Å². The Morgan fingerprint density at radius 2 is 1.79 bits per heavy atom. The molecule has 28 heavy (non-hydrogen) atoms. The van der Waals surface area contributed by atoms with Gasteiger partial charge in [0.15, 0.2) is 0 Å². The molecule has 1 fully saturated rings. The van der Waals surface area contributed by atoms with Gasteiger partial charge in [-0.05, 0) is 55.2 Å². The number of nitrogens with one attached hydrogen (secondary N) is 2. The monoisotopic (exact) mass is 385 g/mol. The van der Waals surface area contributed by atoms with E-state index in [4.69, 9.17) is 4.74 Å². The molecule has 2 N–H and O–H groups in total. The lowest BCUT2D eigenvalue weighted by atomic mass is 9.96. The second kappa shape index (κ2) is 9.21. The van der Waals surface area contributed by atoms with E-state index in [2.05, 4.69) is 10.6 Å². The number of nitrogens with zero attached hydrogens (tertiary/aromatic N) is 1. The number of amides is 3. The van der Waals surface area contributed by atoms with Crippen molar-refractivity contribution < 1.29 is 18.7 Å². The standard InChI is InChI=1S/C21H24FN3O3/c1-28-17-8-6-16(7-9-17)24-21(27)23-14-15-10-12-25(13-11-15)20(26)18-4-2-3-5-19(18)22/h2-9,15H,10-14H2,1H3,(H2,23,24,27). The van der Waals surface area contributed by atoms with Crippen molar-refractivity contribution in [3.8, 4) is 5.75 Å². The van der Waals surface area contributed by atoms with E-state index in [1.54, 1.807) is 48.4 Å². The molecule has 0 aliphatic carbocycles. The molecule has 3 amide bonds. The Morgan fingerprint density at radius 1 is 1.11 bits per heavy atom. The molecule has 1 heterocycles. The Bertz CT molecular complexity index is 818. The number of carbonyl (C=O) groups excluding carboxylic acids is 2. The molecule has 0 atom stereocenters. The van der Waals surface area contributed by atoms with Gasteiger partial charge in [0.05, 0.1) is 12.7 Å². The molecular formula is C21H24FN3O3. The van der Waals surface area contributed by atoms with Crippen molar-refractivity contribution in [3.63, 3.8) is 0 Å². The summed E-state index contributed by atoms with van der Waals surface area (Å²) in [7, 11) is 1.59. The van der Waals surface area contributed by atoms with Crippen molar-refractivity contribution in [3.05, 3.63) is 59.9 Å². The Hall–Kier alpha value is -3.09. The van der Waals surface area contributed by atoms with Gasteiger partial charge in [0.1, 0.15) is 11.6 Å². The van der Waals surface area contributed by atoms with Crippen LogP contribution in [0, 0.1) is 11.7 Å². The smallest absolute Gasteiger partial charge is 0.319 e. The molecule has 1 saturated heterocycles. The fourth-order valence-corrected chi connectivity index (χ4v) is 3.23. The van der Waals surface area contributed by atoms with Crippen molar-refractivity contribution in [1.29, 1.82) is 0 Å². The summed E-state index contributed by atoms with van der Waals surface area (Å²) in [6.45, 7) is 1.64. The topological polar surface area (TPSA) is 70.7 Å². The van der Waals surface area contributed by atoms with Gasteiger partial charge < -0.3 is 20.3 Å². The number of halogens is 1. The summed E-state index contributed by atoms with van der Waals surface area (Å²) in [4.78, 5) is 26.2. The molecule has 2 aromatic carbocycles. The SMILES string of the molecule is COc1ccc(NC(=O)NCC2CCN(C(=O)c3ccccc3F)CC2)cc1. The number of piperidine rings is 1. The first-order valence-electron chi connectivity index (χ1n) is 9.29. The number of rotatable bonds is 5. The molecule has 0 spiro atoms. The molecule has 7 heteroatoms. The van der Waals surface area contributed by atoms with E-state index in [1.165, 1.54) is 12.1 Å². The Morgan fingerprint density at radius 3 is 2.43 bits per heavy atom. The third-order valence-corrected chi connectivity index (χ3v) is 4.91. The minimum absolute atomic E-state index is 0.109. The number of ether oxygens (including phenoxy) is 1. The fraction of sp³-hybridized carbons (Fsp3) is 0.333. The van der Waals surface area contributed by atoms with E-state index in [9.17, 15) is 14.0 Å². The van der Waals surface area contributed by atoms with Crippen LogP contribution in [0.4, 0.5) is 14.9 Å². The van der Waals surface area contributed by atoms with E-state index in [0.717, 1.165) is 18.6 Å². The lowest BCUT2D eigenvalue weighted by Crippen LogP contribution is -2.42. The van der Waals surface area contributed by atoms with Crippen LogP contribution in [0.5, 0.6) is 5.75 Å². The normalized spacial score (nSPS) is 14.4. The molecular weight excluding hydrogens is 361 g/mol. The Labute approximate surface area is 163 Å². The first-order chi connectivity index (χ1) is 13.6. The van der Waals surface area contributed by atoms with Crippen LogP contribution in [-0.2, 0) is 0 Å². The van der Waals surface area contributed by atoms with Crippen molar-refractivity contribution >= 4 is 17.6 Å². The molecule has 3 rings (SSSR count). The largest absolute Gasteiger partial charge is 0.497 e. The molecule has 1 aliphatic rings.